The quantitative estimate of drug-likeness (QED) is 0.412. The highest BCUT2D eigenvalue weighted by Crippen LogP contribution is 2.07. The van der Waals surface area contributed by atoms with E-state index < -0.39 is 0 Å². The molecule has 0 aliphatic heterocycles. The summed E-state index contributed by atoms with van der Waals surface area (Å²) >= 11 is 4.25. The van der Waals surface area contributed by atoms with Gasteiger partial charge < -0.3 is 0 Å². The first-order valence-corrected chi connectivity index (χ1v) is 4.31. The molecule has 0 aliphatic carbocycles. The third-order valence-electron chi connectivity index (χ3n) is 1.81. The summed E-state index contributed by atoms with van der Waals surface area (Å²) in [7, 11) is 1.85. The summed E-state index contributed by atoms with van der Waals surface area (Å²) in [4.78, 5) is 11.2. The Morgan fingerprint density at radius 1 is 1.75 bits per heavy atom. The number of aromatic nitrogens is 2. The van der Waals surface area contributed by atoms with Crippen molar-refractivity contribution in [3.63, 3.8) is 0 Å². The molecule has 1 aromatic rings. The van der Waals surface area contributed by atoms with E-state index in [1.54, 1.807) is 11.5 Å². The molecular weight excluding hydrogens is 172 g/mol. The Morgan fingerprint density at radius 2 is 2.33 bits per heavy atom. The number of carbonyl (C=O) groups excluding carboxylic acids is 1. The lowest BCUT2D eigenvalue weighted by atomic mass is 10.4. The van der Waals surface area contributed by atoms with Gasteiger partial charge in [-0.3, -0.25) is 4.79 Å². The van der Waals surface area contributed by atoms with Gasteiger partial charge >= 0.3 is 5.82 Å². The van der Waals surface area contributed by atoms with Crippen LogP contribution >= 0.6 is 12.6 Å². The van der Waals surface area contributed by atoms with E-state index >= 15 is 0 Å². The lowest BCUT2D eigenvalue weighted by Crippen LogP contribution is -2.34. The van der Waals surface area contributed by atoms with Crippen molar-refractivity contribution >= 4 is 18.4 Å². The topological polar surface area (TPSA) is 25.9 Å². The first-order valence-electron chi connectivity index (χ1n) is 3.87. The molecule has 0 radical (unpaired) electrons. The van der Waals surface area contributed by atoms with Crippen LogP contribution in [-0.2, 0) is 13.6 Å². The van der Waals surface area contributed by atoms with Gasteiger partial charge in [-0.05, 0) is 6.92 Å². The Balaban J connectivity index is 3.32. The average Bonchev–Trinajstić information content (AvgIpc) is 2.24. The molecule has 0 aromatic carbocycles. The molecule has 0 atom stereocenters. The lowest BCUT2D eigenvalue weighted by molar-refractivity contribution is -0.673. The van der Waals surface area contributed by atoms with E-state index in [0.717, 1.165) is 11.6 Å². The van der Waals surface area contributed by atoms with E-state index in [2.05, 4.69) is 12.6 Å². The zero-order valence-electron chi connectivity index (χ0n) is 7.53. The number of ketones is 1. The summed E-state index contributed by atoms with van der Waals surface area (Å²) < 4.78 is 3.68. The third kappa shape index (κ3) is 1.39. The SMILES string of the molecule is CCn1c(S)c[n+](C)c1C(C)=O. The van der Waals surface area contributed by atoms with Crippen LogP contribution in [0.5, 0.6) is 0 Å². The van der Waals surface area contributed by atoms with Gasteiger partial charge in [0.15, 0.2) is 5.03 Å². The van der Waals surface area contributed by atoms with Crippen LogP contribution in [0.15, 0.2) is 11.2 Å². The largest absolute Gasteiger partial charge is 0.325 e. The summed E-state index contributed by atoms with van der Waals surface area (Å²) in [5.41, 5.74) is 0. The molecule has 66 valence electrons. The van der Waals surface area contributed by atoms with Crippen molar-refractivity contribution in [3.05, 3.63) is 12.0 Å². The number of rotatable bonds is 2. The van der Waals surface area contributed by atoms with E-state index in [0.29, 0.717) is 5.82 Å². The maximum atomic E-state index is 11.2. The van der Waals surface area contributed by atoms with Crippen LogP contribution in [-0.4, -0.2) is 10.4 Å². The van der Waals surface area contributed by atoms with Gasteiger partial charge in [-0.15, -0.1) is 0 Å². The van der Waals surface area contributed by atoms with Crippen molar-refractivity contribution in [1.82, 2.24) is 4.57 Å². The Bertz CT molecular complexity index is 317. The molecule has 0 saturated heterocycles. The fourth-order valence-corrected chi connectivity index (χ4v) is 1.76. The molecule has 1 rings (SSSR count). The Morgan fingerprint density at radius 3 is 2.67 bits per heavy atom. The smallest absolute Gasteiger partial charge is 0.286 e. The number of Topliss-reactive ketones (excluding diaryl/α,β-unsaturated/α-hetero) is 1. The minimum atomic E-state index is 0.0691. The highest BCUT2D eigenvalue weighted by atomic mass is 32.1. The number of hydrogen-bond acceptors (Lipinski definition) is 2. The van der Waals surface area contributed by atoms with Crippen molar-refractivity contribution in [1.29, 1.82) is 0 Å². The Kier molecular flexibility index (Phi) is 2.57. The molecule has 0 spiro atoms. The van der Waals surface area contributed by atoms with E-state index in [4.69, 9.17) is 0 Å². The van der Waals surface area contributed by atoms with Gasteiger partial charge in [0.25, 0.3) is 0 Å². The van der Waals surface area contributed by atoms with Crippen LogP contribution in [0, 0.1) is 0 Å². The van der Waals surface area contributed by atoms with Gasteiger partial charge in [-0.1, -0.05) is 12.6 Å². The molecule has 4 heteroatoms. The van der Waals surface area contributed by atoms with Crippen LogP contribution < -0.4 is 4.57 Å². The normalized spacial score (nSPS) is 10.3. The molecule has 0 N–H and O–H groups in total. The standard InChI is InChI=1S/C8H12N2OS/c1-4-10-7(12)5-9(3)8(10)6(2)11/h5H,4H2,1-3H3/p+1. The number of imidazole rings is 1. The van der Waals surface area contributed by atoms with Gasteiger partial charge in [-0.25, -0.2) is 9.13 Å². The van der Waals surface area contributed by atoms with Crippen LogP contribution in [0.1, 0.15) is 24.5 Å². The molecule has 0 saturated carbocycles. The van der Waals surface area contributed by atoms with E-state index in [1.807, 2.05) is 24.7 Å². The highest BCUT2D eigenvalue weighted by molar-refractivity contribution is 7.80. The van der Waals surface area contributed by atoms with Crippen molar-refractivity contribution in [2.24, 2.45) is 7.05 Å². The number of thiol groups is 1. The van der Waals surface area contributed by atoms with Gasteiger partial charge in [0.2, 0.25) is 5.78 Å². The molecule has 0 amide bonds. The van der Waals surface area contributed by atoms with E-state index in [-0.39, 0.29) is 5.78 Å². The fourth-order valence-electron chi connectivity index (χ4n) is 1.35. The maximum absolute atomic E-state index is 11.2. The number of nitrogens with zero attached hydrogens (tertiary/aromatic N) is 2. The summed E-state index contributed by atoms with van der Waals surface area (Å²) in [6.45, 7) is 4.33. The minimum absolute atomic E-state index is 0.0691. The average molecular weight is 185 g/mol. The maximum Gasteiger partial charge on any atom is 0.325 e. The molecular formula is C8H13N2OS+. The predicted molar refractivity (Wildman–Crippen MR) is 48.5 cm³/mol. The van der Waals surface area contributed by atoms with E-state index in [9.17, 15) is 4.79 Å². The second-order valence-corrected chi connectivity index (χ2v) is 3.18. The zero-order chi connectivity index (χ0) is 9.30. The first kappa shape index (κ1) is 9.32. The molecule has 1 aromatic heterocycles. The predicted octanol–water partition coefficient (Wildman–Crippen LogP) is 0.824. The Hall–Kier alpha value is -0.770. The van der Waals surface area contributed by atoms with Gasteiger partial charge in [-0.2, -0.15) is 0 Å². The van der Waals surface area contributed by atoms with Gasteiger partial charge in [0.05, 0.1) is 13.6 Å². The molecule has 0 fully saturated rings. The van der Waals surface area contributed by atoms with Crippen molar-refractivity contribution in [2.45, 2.75) is 25.4 Å². The van der Waals surface area contributed by atoms with Crippen molar-refractivity contribution in [3.8, 4) is 0 Å². The van der Waals surface area contributed by atoms with E-state index in [1.165, 1.54) is 0 Å². The molecule has 0 bridgehead atoms. The number of aryl methyl sites for hydroxylation is 1. The van der Waals surface area contributed by atoms with Crippen LogP contribution in [0.2, 0.25) is 0 Å². The Labute approximate surface area is 77.4 Å². The molecule has 12 heavy (non-hydrogen) atoms. The van der Waals surface area contributed by atoms with Gasteiger partial charge in [0, 0.05) is 6.92 Å². The second-order valence-electron chi connectivity index (χ2n) is 2.72. The van der Waals surface area contributed by atoms with Crippen molar-refractivity contribution < 1.29 is 9.36 Å². The summed E-state index contributed by atoms with van der Waals surface area (Å²) in [6.07, 6.45) is 1.84. The van der Waals surface area contributed by atoms with Crippen LogP contribution in [0.25, 0.3) is 0 Å². The van der Waals surface area contributed by atoms with Crippen LogP contribution in [0.4, 0.5) is 0 Å². The fraction of sp³-hybridized carbons (Fsp3) is 0.500. The summed E-state index contributed by atoms with van der Waals surface area (Å²) in [6, 6.07) is 0. The number of hydrogen-bond donors (Lipinski definition) is 1. The van der Waals surface area contributed by atoms with Gasteiger partial charge in [0.1, 0.15) is 6.20 Å². The molecule has 0 unspecified atom stereocenters. The first-order chi connectivity index (χ1) is 5.57. The minimum Gasteiger partial charge on any atom is -0.286 e. The summed E-state index contributed by atoms with van der Waals surface area (Å²) in [5, 5.41) is 0.824. The monoisotopic (exact) mass is 185 g/mol. The lowest BCUT2D eigenvalue weighted by Gasteiger charge is -1.95. The zero-order valence-corrected chi connectivity index (χ0v) is 8.43. The molecule has 1 heterocycles. The second kappa shape index (κ2) is 3.31. The van der Waals surface area contributed by atoms with Crippen LogP contribution in [0.3, 0.4) is 0 Å². The molecule has 3 nitrogen and oxygen atoms in total. The summed E-state index contributed by atoms with van der Waals surface area (Å²) in [5.74, 6) is 0.766. The molecule has 0 aliphatic rings. The highest BCUT2D eigenvalue weighted by Gasteiger charge is 2.21. The third-order valence-corrected chi connectivity index (χ3v) is 2.16. The van der Waals surface area contributed by atoms with Crippen molar-refractivity contribution in [2.75, 3.05) is 0 Å². The number of carbonyl (C=O) groups is 1.